The summed E-state index contributed by atoms with van der Waals surface area (Å²) < 4.78 is 42.7. The normalized spacial score (nSPS) is 57.2. The molecular weight excluding hydrogens is 748 g/mol. The van der Waals surface area contributed by atoms with E-state index >= 15 is 0 Å². The molecule has 4 aliphatic carbocycles. The molecule has 0 spiro atoms. The van der Waals surface area contributed by atoms with Crippen molar-refractivity contribution in [2.75, 3.05) is 19.8 Å². The second-order valence-corrected chi connectivity index (χ2v) is 19.1. The summed E-state index contributed by atoms with van der Waals surface area (Å²) in [6.07, 6.45) is -8.53. The average molecular weight is 811 g/mol. The summed E-state index contributed by atoms with van der Waals surface area (Å²) in [5, 5.41) is 96.1. The van der Waals surface area contributed by atoms with Crippen LogP contribution in [0.3, 0.4) is 0 Å². The first-order valence-corrected chi connectivity index (χ1v) is 21.1. The van der Waals surface area contributed by atoms with Crippen LogP contribution in [0.15, 0.2) is 22.8 Å². The van der Waals surface area contributed by atoms with Crippen LogP contribution in [-0.2, 0) is 33.2 Å². The third kappa shape index (κ3) is 5.92. The molecule has 0 amide bonds. The Labute approximate surface area is 332 Å². The molecule has 9 N–H and O–H groups in total. The Balaban J connectivity index is 0.903. The van der Waals surface area contributed by atoms with Gasteiger partial charge in [0.25, 0.3) is 0 Å². The second kappa shape index (κ2) is 14.5. The summed E-state index contributed by atoms with van der Waals surface area (Å²) in [5.74, 6) is -1.37. The maximum Gasteiger partial charge on any atom is 0.197 e. The van der Waals surface area contributed by atoms with Gasteiger partial charge in [0.05, 0.1) is 32.0 Å². The van der Waals surface area contributed by atoms with E-state index in [0.717, 1.165) is 38.5 Å². The fraction of sp³-hybridized carbons (Fsp3) is 0.902. The summed E-state index contributed by atoms with van der Waals surface area (Å²) in [6.45, 7) is 7.50. The van der Waals surface area contributed by atoms with Crippen molar-refractivity contribution in [3.8, 4) is 0 Å². The lowest BCUT2D eigenvalue weighted by Gasteiger charge is -2.54. The molecule has 0 radical (unpaired) electrons. The number of fused-ring (bicyclic) bond motifs is 7. The van der Waals surface area contributed by atoms with E-state index in [0.29, 0.717) is 19.4 Å². The van der Waals surface area contributed by atoms with Gasteiger partial charge < -0.3 is 79.1 Å². The van der Waals surface area contributed by atoms with Gasteiger partial charge in [-0.05, 0) is 92.1 Å². The zero-order valence-corrected chi connectivity index (χ0v) is 33.1. The fourth-order valence-electron chi connectivity index (χ4n) is 12.9. The predicted octanol–water partition coefficient (Wildman–Crippen LogP) is -0.515. The number of aliphatic hydroxyl groups excluding tert-OH is 8. The van der Waals surface area contributed by atoms with E-state index in [9.17, 15) is 46.0 Å². The van der Waals surface area contributed by atoms with Crippen LogP contribution in [0.1, 0.15) is 79.1 Å². The van der Waals surface area contributed by atoms with E-state index in [-0.39, 0.29) is 40.6 Å². The second-order valence-electron chi connectivity index (χ2n) is 19.1. The molecule has 322 valence electrons. The third-order valence-corrected chi connectivity index (χ3v) is 16.4. The number of allylic oxidation sites excluding steroid dienone is 4. The van der Waals surface area contributed by atoms with Crippen molar-refractivity contribution in [2.24, 2.45) is 34.5 Å². The topological polar surface area (TPSA) is 247 Å². The zero-order valence-electron chi connectivity index (χ0n) is 33.1. The molecule has 6 fully saturated rings. The number of hydrogen-bond donors (Lipinski definition) is 9. The van der Waals surface area contributed by atoms with Gasteiger partial charge >= 0.3 is 0 Å². The molecule has 22 atom stereocenters. The van der Waals surface area contributed by atoms with E-state index in [1.54, 1.807) is 6.92 Å². The largest absolute Gasteiger partial charge is 0.394 e. The van der Waals surface area contributed by atoms with Crippen molar-refractivity contribution in [2.45, 2.75) is 176 Å². The molecule has 5 aliphatic heterocycles. The summed E-state index contributed by atoms with van der Waals surface area (Å²) in [4.78, 5) is 0. The maximum absolute atomic E-state index is 11.9. The number of rotatable bonds is 7. The van der Waals surface area contributed by atoms with Crippen LogP contribution in [0.4, 0.5) is 0 Å². The van der Waals surface area contributed by atoms with E-state index < -0.39 is 105 Å². The van der Waals surface area contributed by atoms with Crippen LogP contribution in [0, 0.1) is 34.5 Å². The van der Waals surface area contributed by atoms with Crippen molar-refractivity contribution in [1.82, 2.24) is 0 Å². The minimum atomic E-state index is -1.75. The first-order valence-electron chi connectivity index (χ1n) is 21.1. The van der Waals surface area contributed by atoms with Gasteiger partial charge in [0.1, 0.15) is 54.9 Å². The van der Waals surface area contributed by atoms with Crippen LogP contribution in [0.25, 0.3) is 0 Å². The maximum atomic E-state index is 11.9. The van der Waals surface area contributed by atoms with Gasteiger partial charge in [-0.25, -0.2) is 0 Å². The lowest BCUT2D eigenvalue weighted by molar-refractivity contribution is -0.373. The van der Waals surface area contributed by atoms with Crippen molar-refractivity contribution < 1.29 is 79.1 Å². The Bertz CT molecular complexity index is 1610. The smallest absolute Gasteiger partial charge is 0.197 e. The van der Waals surface area contributed by atoms with Gasteiger partial charge in [-0.3, -0.25) is 0 Å². The highest BCUT2D eigenvalue weighted by molar-refractivity contribution is 5.50. The van der Waals surface area contributed by atoms with Crippen molar-refractivity contribution in [3.63, 3.8) is 0 Å². The minimum Gasteiger partial charge on any atom is -0.394 e. The molecule has 16 nitrogen and oxygen atoms in total. The van der Waals surface area contributed by atoms with Crippen LogP contribution in [-0.4, -0.2) is 163 Å². The van der Waals surface area contributed by atoms with Crippen LogP contribution in [0.2, 0.25) is 0 Å². The Morgan fingerprint density at radius 2 is 1.49 bits per heavy atom. The molecule has 9 aliphatic rings. The molecule has 5 heterocycles. The van der Waals surface area contributed by atoms with Gasteiger partial charge in [0, 0.05) is 11.8 Å². The van der Waals surface area contributed by atoms with Gasteiger partial charge in [-0.1, -0.05) is 32.4 Å². The zero-order chi connectivity index (χ0) is 40.6. The minimum absolute atomic E-state index is 0.0628. The first kappa shape index (κ1) is 41.2. The molecule has 0 aromatic carbocycles. The summed E-state index contributed by atoms with van der Waals surface area (Å²) in [7, 11) is 0. The molecule has 9 rings (SSSR count). The summed E-state index contributed by atoms with van der Waals surface area (Å²) >= 11 is 0. The molecule has 16 heteroatoms. The van der Waals surface area contributed by atoms with Crippen LogP contribution < -0.4 is 0 Å². The molecule has 57 heavy (non-hydrogen) atoms. The Hall–Kier alpha value is -1.16. The SMILES string of the molecule is C[C@H]1CO[C@@]2(C)O[C@@H]3C([C@H]4CC=C5C6=C(CC[C@@]54C)[C@@]4(C)CC[C@H](O[C@@H]5O[C@H](CO)[C@@H](O)[C@H](O)[C@H]5O[C@@H]5O[C@H](CO)[C@H](O)[C@H](O)[C@H]5O)C[C@@H]4CC6)[C@@H](O)O[C@@H]3C12O. The molecule has 0 bridgehead atoms. The van der Waals surface area contributed by atoms with Crippen molar-refractivity contribution >= 4 is 0 Å². The summed E-state index contributed by atoms with van der Waals surface area (Å²) in [6, 6.07) is 0. The number of hydrogen-bond acceptors (Lipinski definition) is 16. The van der Waals surface area contributed by atoms with Gasteiger partial charge in [0.15, 0.2) is 30.3 Å². The molecular formula is C41H62O16. The van der Waals surface area contributed by atoms with Crippen LogP contribution >= 0.6 is 0 Å². The number of aliphatic hydroxyl groups is 9. The van der Waals surface area contributed by atoms with Gasteiger partial charge in [0.2, 0.25) is 0 Å². The standard InChI is InChI=1S/C41H62O16/c1-17-16-51-40(4)41(17,50)34-32(57-40)26(35(49)56-34)23-8-7-21-20-6-5-18-13-19(9-11-38(18,2)22(20)10-12-39(21,23)3)52-37-33(30(47)28(45)25(15-43)54-37)55-36-31(48)29(46)27(44)24(14-42)53-36/h7,17-19,23-37,42-50H,5-6,8-16H2,1-4H3/t17-,18-,19-,23+,24+,25+,26?,27-,28+,29-,30-,31+,32+,33+,34-,35-,36-,37+,38-,39-,40-,41?/m0/s1. The first-order chi connectivity index (χ1) is 27.0. The quantitative estimate of drug-likeness (QED) is 0.157. The lowest BCUT2D eigenvalue weighted by Crippen LogP contribution is -2.65. The van der Waals surface area contributed by atoms with Gasteiger partial charge in [-0.2, -0.15) is 0 Å². The fourth-order valence-corrected chi connectivity index (χ4v) is 12.9. The predicted molar refractivity (Wildman–Crippen MR) is 194 cm³/mol. The molecule has 2 unspecified atom stereocenters. The van der Waals surface area contributed by atoms with E-state index in [4.69, 9.17) is 33.2 Å². The van der Waals surface area contributed by atoms with Crippen molar-refractivity contribution in [3.05, 3.63) is 22.8 Å². The molecule has 1 saturated carbocycles. The molecule has 5 saturated heterocycles. The van der Waals surface area contributed by atoms with E-state index in [1.807, 2.05) is 6.92 Å². The average Bonchev–Trinajstić information content (AvgIpc) is 3.83. The van der Waals surface area contributed by atoms with Crippen molar-refractivity contribution in [1.29, 1.82) is 0 Å². The Morgan fingerprint density at radius 3 is 2.21 bits per heavy atom. The molecule has 0 aromatic rings. The Kier molecular flexibility index (Phi) is 10.5. The highest BCUT2D eigenvalue weighted by atomic mass is 16.8. The monoisotopic (exact) mass is 810 g/mol. The lowest BCUT2D eigenvalue weighted by atomic mass is 9.51. The Morgan fingerprint density at radius 1 is 0.789 bits per heavy atom. The van der Waals surface area contributed by atoms with E-state index in [2.05, 4.69) is 19.9 Å². The van der Waals surface area contributed by atoms with Gasteiger partial charge in [-0.15, -0.1) is 0 Å². The summed E-state index contributed by atoms with van der Waals surface area (Å²) in [5.41, 5.74) is 2.63. The van der Waals surface area contributed by atoms with E-state index in [1.165, 1.54) is 16.7 Å². The number of ether oxygens (including phenoxy) is 7. The van der Waals surface area contributed by atoms with Crippen LogP contribution in [0.5, 0.6) is 0 Å². The third-order valence-electron chi connectivity index (χ3n) is 16.4. The molecule has 0 aromatic heterocycles. The highest BCUT2D eigenvalue weighted by Gasteiger charge is 2.75. The highest BCUT2D eigenvalue weighted by Crippen LogP contribution is 2.67.